The van der Waals surface area contributed by atoms with Crippen molar-refractivity contribution in [3.8, 4) is 0 Å². The zero-order valence-corrected chi connectivity index (χ0v) is 10.1. The summed E-state index contributed by atoms with van der Waals surface area (Å²) >= 11 is 0. The van der Waals surface area contributed by atoms with Crippen LogP contribution in [-0.2, 0) is 12.6 Å². The molecule has 100 valence electrons. The van der Waals surface area contributed by atoms with Crippen LogP contribution in [0.3, 0.4) is 0 Å². The summed E-state index contributed by atoms with van der Waals surface area (Å²) in [5.41, 5.74) is 0.177. The molecule has 1 aliphatic heterocycles. The van der Waals surface area contributed by atoms with Crippen molar-refractivity contribution in [1.29, 1.82) is 0 Å². The fourth-order valence-corrected chi connectivity index (χ4v) is 2.20. The SMILES string of the molecule is FC(F)(F)c1cccc(C[C@@H]2CCNCCN2)c1. The predicted octanol–water partition coefficient (Wildman–Crippen LogP) is 2.20. The third kappa shape index (κ3) is 3.71. The highest BCUT2D eigenvalue weighted by atomic mass is 19.4. The molecule has 5 heteroatoms. The van der Waals surface area contributed by atoms with Crippen LogP contribution >= 0.6 is 0 Å². The molecule has 18 heavy (non-hydrogen) atoms. The van der Waals surface area contributed by atoms with Gasteiger partial charge in [-0.15, -0.1) is 0 Å². The lowest BCUT2D eigenvalue weighted by Crippen LogP contribution is -2.31. The van der Waals surface area contributed by atoms with Gasteiger partial charge in [0.15, 0.2) is 0 Å². The molecule has 0 aromatic heterocycles. The molecule has 2 rings (SSSR count). The van der Waals surface area contributed by atoms with E-state index in [0.29, 0.717) is 6.42 Å². The molecule has 0 radical (unpaired) electrons. The van der Waals surface area contributed by atoms with Gasteiger partial charge in [0.25, 0.3) is 0 Å². The number of hydrogen-bond acceptors (Lipinski definition) is 2. The molecule has 1 saturated heterocycles. The average molecular weight is 258 g/mol. The monoisotopic (exact) mass is 258 g/mol. The molecule has 0 saturated carbocycles. The molecule has 1 aromatic carbocycles. The molecule has 0 amide bonds. The van der Waals surface area contributed by atoms with Crippen molar-refractivity contribution in [3.63, 3.8) is 0 Å². The Bertz CT molecular complexity index is 382. The maximum absolute atomic E-state index is 12.6. The van der Waals surface area contributed by atoms with Gasteiger partial charge in [-0.2, -0.15) is 13.2 Å². The van der Waals surface area contributed by atoms with Crippen LogP contribution in [0.4, 0.5) is 13.2 Å². The first-order valence-corrected chi connectivity index (χ1v) is 6.16. The maximum atomic E-state index is 12.6. The first-order valence-electron chi connectivity index (χ1n) is 6.16. The zero-order valence-electron chi connectivity index (χ0n) is 10.1. The summed E-state index contributed by atoms with van der Waals surface area (Å²) in [6.45, 7) is 2.69. The number of nitrogens with one attached hydrogen (secondary N) is 2. The summed E-state index contributed by atoms with van der Waals surface area (Å²) in [7, 11) is 0. The van der Waals surface area contributed by atoms with Gasteiger partial charge in [0.2, 0.25) is 0 Å². The molecule has 1 aromatic rings. The minimum Gasteiger partial charge on any atom is -0.315 e. The standard InChI is InChI=1S/C13H17F3N2/c14-13(15,16)11-3-1-2-10(8-11)9-12-4-5-17-6-7-18-12/h1-3,8,12,17-18H,4-7,9H2/t12-/m0/s1. The van der Waals surface area contributed by atoms with Gasteiger partial charge < -0.3 is 10.6 Å². The Labute approximate surface area is 105 Å². The summed E-state index contributed by atoms with van der Waals surface area (Å²) in [5, 5.41) is 6.60. The summed E-state index contributed by atoms with van der Waals surface area (Å²) in [5.74, 6) is 0. The van der Waals surface area contributed by atoms with Gasteiger partial charge in [-0.1, -0.05) is 18.2 Å². The summed E-state index contributed by atoms with van der Waals surface area (Å²) in [4.78, 5) is 0. The van der Waals surface area contributed by atoms with Crippen molar-refractivity contribution in [2.24, 2.45) is 0 Å². The van der Waals surface area contributed by atoms with Crippen LogP contribution in [0.15, 0.2) is 24.3 Å². The van der Waals surface area contributed by atoms with Gasteiger partial charge in [0.1, 0.15) is 0 Å². The Morgan fingerprint density at radius 2 is 2.00 bits per heavy atom. The van der Waals surface area contributed by atoms with Gasteiger partial charge >= 0.3 is 6.18 Å². The highest BCUT2D eigenvalue weighted by Gasteiger charge is 2.30. The smallest absolute Gasteiger partial charge is 0.315 e. The van der Waals surface area contributed by atoms with Crippen molar-refractivity contribution >= 4 is 0 Å². The Balaban J connectivity index is 2.04. The van der Waals surface area contributed by atoms with Crippen LogP contribution < -0.4 is 10.6 Å². The number of hydrogen-bond donors (Lipinski definition) is 2. The molecule has 0 aliphatic carbocycles. The average Bonchev–Trinajstić information content (AvgIpc) is 2.57. The molecule has 0 spiro atoms. The van der Waals surface area contributed by atoms with Crippen LogP contribution in [0, 0.1) is 0 Å². The second-order valence-electron chi connectivity index (χ2n) is 4.59. The Kier molecular flexibility index (Phi) is 4.24. The van der Waals surface area contributed by atoms with Crippen LogP contribution in [0.1, 0.15) is 17.5 Å². The van der Waals surface area contributed by atoms with E-state index in [1.54, 1.807) is 6.07 Å². The van der Waals surface area contributed by atoms with Crippen molar-refractivity contribution in [1.82, 2.24) is 10.6 Å². The molecule has 1 heterocycles. The van der Waals surface area contributed by atoms with E-state index in [-0.39, 0.29) is 6.04 Å². The third-order valence-electron chi connectivity index (χ3n) is 3.14. The Hall–Kier alpha value is -1.07. The van der Waals surface area contributed by atoms with Crippen molar-refractivity contribution in [2.45, 2.75) is 25.1 Å². The van der Waals surface area contributed by atoms with E-state index in [1.165, 1.54) is 12.1 Å². The van der Waals surface area contributed by atoms with Crippen LogP contribution in [0.25, 0.3) is 0 Å². The number of halogens is 3. The second-order valence-corrected chi connectivity index (χ2v) is 4.59. The van der Waals surface area contributed by atoms with Crippen LogP contribution in [-0.4, -0.2) is 25.7 Å². The lowest BCUT2D eigenvalue weighted by Gasteiger charge is -2.16. The first kappa shape index (κ1) is 13.4. The first-order chi connectivity index (χ1) is 8.55. The van der Waals surface area contributed by atoms with E-state index in [2.05, 4.69) is 10.6 Å². The number of benzene rings is 1. The maximum Gasteiger partial charge on any atom is 0.416 e. The fraction of sp³-hybridized carbons (Fsp3) is 0.538. The fourth-order valence-electron chi connectivity index (χ4n) is 2.20. The van der Waals surface area contributed by atoms with Gasteiger partial charge in [-0.05, 0) is 31.0 Å². The van der Waals surface area contributed by atoms with Crippen molar-refractivity contribution < 1.29 is 13.2 Å². The van der Waals surface area contributed by atoms with Crippen LogP contribution in [0.2, 0.25) is 0 Å². The van der Waals surface area contributed by atoms with E-state index in [4.69, 9.17) is 0 Å². The molecular formula is C13H17F3N2. The van der Waals surface area contributed by atoms with E-state index >= 15 is 0 Å². The van der Waals surface area contributed by atoms with E-state index in [0.717, 1.165) is 37.7 Å². The summed E-state index contributed by atoms with van der Waals surface area (Å²) < 4.78 is 37.8. The minimum atomic E-state index is -4.26. The molecule has 1 aliphatic rings. The van der Waals surface area contributed by atoms with E-state index in [1.807, 2.05) is 0 Å². The van der Waals surface area contributed by atoms with Gasteiger partial charge in [0, 0.05) is 19.1 Å². The molecule has 1 fully saturated rings. The molecule has 2 N–H and O–H groups in total. The zero-order chi connectivity index (χ0) is 13.0. The van der Waals surface area contributed by atoms with E-state index < -0.39 is 11.7 Å². The topological polar surface area (TPSA) is 24.1 Å². The normalized spacial score (nSPS) is 21.6. The van der Waals surface area contributed by atoms with Gasteiger partial charge in [-0.3, -0.25) is 0 Å². The van der Waals surface area contributed by atoms with E-state index in [9.17, 15) is 13.2 Å². The quantitative estimate of drug-likeness (QED) is 0.849. The van der Waals surface area contributed by atoms with Crippen molar-refractivity contribution in [3.05, 3.63) is 35.4 Å². The highest BCUT2D eigenvalue weighted by molar-refractivity contribution is 5.26. The lowest BCUT2D eigenvalue weighted by molar-refractivity contribution is -0.137. The van der Waals surface area contributed by atoms with Crippen molar-refractivity contribution in [2.75, 3.05) is 19.6 Å². The predicted molar refractivity (Wildman–Crippen MR) is 64.4 cm³/mol. The third-order valence-corrected chi connectivity index (χ3v) is 3.14. The molecule has 1 atom stereocenters. The summed E-state index contributed by atoms with van der Waals surface area (Å²) in [6, 6.07) is 5.86. The molecule has 2 nitrogen and oxygen atoms in total. The molecule has 0 unspecified atom stereocenters. The molecule has 0 bridgehead atoms. The Morgan fingerprint density at radius 3 is 2.78 bits per heavy atom. The Morgan fingerprint density at radius 1 is 1.17 bits per heavy atom. The van der Waals surface area contributed by atoms with Gasteiger partial charge in [0.05, 0.1) is 5.56 Å². The highest BCUT2D eigenvalue weighted by Crippen LogP contribution is 2.29. The molecular weight excluding hydrogens is 241 g/mol. The minimum absolute atomic E-state index is 0.253. The van der Waals surface area contributed by atoms with Crippen LogP contribution in [0.5, 0.6) is 0 Å². The number of rotatable bonds is 2. The number of alkyl halides is 3. The van der Waals surface area contributed by atoms with Gasteiger partial charge in [-0.25, -0.2) is 0 Å². The lowest BCUT2D eigenvalue weighted by atomic mass is 10.0. The largest absolute Gasteiger partial charge is 0.416 e. The summed E-state index contributed by atoms with van der Waals surface area (Å²) in [6.07, 6.45) is -2.67. The second kappa shape index (κ2) is 5.71.